The maximum absolute atomic E-state index is 5.78. The van der Waals surface area contributed by atoms with Gasteiger partial charge in [0.25, 0.3) is 0 Å². The normalized spacial score (nSPS) is 31.8. The molecule has 20 heavy (non-hydrogen) atoms. The van der Waals surface area contributed by atoms with Gasteiger partial charge in [-0.15, -0.1) is 0 Å². The zero-order valence-electron chi connectivity index (χ0n) is 14.0. The highest BCUT2D eigenvalue weighted by molar-refractivity contribution is 5.01. The van der Waals surface area contributed by atoms with Crippen molar-refractivity contribution in [3.63, 3.8) is 0 Å². The minimum absolute atomic E-state index is 0.441. The summed E-state index contributed by atoms with van der Waals surface area (Å²) < 4.78 is 5.78. The number of hydrogen-bond donors (Lipinski definition) is 1. The molecule has 1 aliphatic carbocycles. The molecule has 0 radical (unpaired) electrons. The smallest absolute Gasteiger partial charge is 0.0599 e. The van der Waals surface area contributed by atoms with Crippen molar-refractivity contribution in [3.8, 4) is 0 Å². The average molecular weight is 282 g/mol. The maximum atomic E-state index is 5.78. The van der Waals surface area contributed by atoms with E-state index in [9.17, 15) is 0 Å². The van der Waals surface area contributed by atoms with E-state index in [1.54, 1.807) is 0 Å². The summed E-state index contributed by atoms with van der Waals surface area (Å²) >= 11 is 0. The van der Waals surface area contributed by atoms with Crippen LogP contribution in [0.2, 0.25) is 0 Å². The molecule has 1 heterocycles. The van der Waals surface area contributed by atoms with Gasteiger partial charge in [0.1, 0.15) is 0 Å². The van der Waals surface area contributed by atoms with Crippen LogP contribution >= 0.6 is 0 Å². The van der Waals surface area contributed by atoms with Gasteiger partial charge in [0.15, 0.2) is 0 Å². The summed E-state index contributed by atoms with van der Waals surface area (Å²) in [5, 5.41) is 3.83. The Hall–Kier alpha value is -0.120. The van der Waals surface area contributed by atoms with Gasteiger partial charge < -0.3 is 10.1 Å². The van der Waals surface area contributed by atoms with E-state index in [4.69, 9.17) is 4.74 Å². The average Bonchev–Trinajstić information content (AvgIpc) is 2.73. The lowest BCUT2D eigenvalue weighted by Crippen LogP contribution is -2.54. The van der Waals surface area contributed by atoms with Crippen LogP contribution in [0.1, 0.15) is 59.8 Å². The first kappa shape index (κ1) is 16.3. The lowest BCUT2D eigenvalue weighted by Gasteiger charge is -2.41. The van der Waals surface area contributed by atoms with Crippen LogP contribution in [0.25, 0.3) is 0 Å². The zero-order chi connectivity index (χ0) is 14.6. The fraction of sp³-hybridized carbons (Fsp3) is 1.00. The molecule has 2 atom stereocenters. The molecule has 118 valence electrons. The van der Waals surface area contributed by atoms with Crippen LogP contribution in [-0.2, 0) is 4.74 Å². The zero-order valence-corrected chi connectivity index (χ0v) is 14.0. The summed E-state index contributed by atoms with van der Waals surface area (Å²) in [7, 11) is 0. The summed E-state index contributed by atoms with van der Waals surface area (Å²) in [4.78, 5) is 2.73. The topological polar surface area (TPSA) is 24.5 Å². The summed E-state index contributed by atoms with van der Waals surface area (Å²) in [5.74, 6) is 0. The van der Waals surface area contributed by atoms with Gasteiger partial charge in [0, 0.05) is 31.8 Å². The third kappa shape index (κ3) is 3.75. The van der Waals surface area contributed by atoms with Crippen molar-refractivity contribution in [1.82, 2.24) is 10.2 Å². The molecule has 1 N–H and O–H groups in total. The Morgan fingerprint density at radius 2 is 1.85 bits per heavy atom. The van der Waals surface area contributed by atoms with Crippen LogP contribution in [0.5, 0.6) is 0 Å². The van der Waals surface area contributed by atoms with Crippen LogP contribution in [-0.4, -0.2) is 49.3 Å². The molecule has 0 amide bonds. The highest BCUT2D eigenvalue weighted by Crippen LogP contribution is 2.40. The summed E-state index contributed by atoms with van der Waals surface area (Å²) in [6, 6.07) is 1.39. The molecular formula is C17H34N2O. The quantitative estimate of drug-likeness (QED) is 0.810. The van der Waals surface area contributed by atoms with Gasteiger partial charge in [-0.05, 0) is 51.0 Å². The molecule has 0 aromatic carbocycles. The van der Waals surface area contributed by atoms with E-state index in [0.717, 1.165) is 19.2 Å². The summed E-state index contributed by atoms with van der Waals surface area (Å²) in [5.41, 5.74) is 0.441. The van der Waals surface area contributed by atoms with E-state index in [0.29, 0.717) is 17.6 Å². The van der Waals surface area contributed by atoms with E-state index in [1.807, 2.05) is 0 Å². The fourth-order valence-electron chi connectivity index (χ4n) is 4.08. The first-order valence-corrected chi connectivity index (χ1v) is 8.67. The molecule has 1 saturated heterocycles. The third-order valence-corrected chi connectivity index (χ3v) is 5.27. The first-order chi connectivity index (χ1) is 9.58. The predicted molar refractivity (Wildman–Crippen MR) is 85.1 cm³/mol. The standard InChI is InChI=1S/C17H34N2O/c1-5-11-18-16-15(7-10-17(16,3)4)19-12-8-14(9-13-19)20-6-2/h14-16,18H,5-13H2,1-4H3. The lowest BCUT2D eigenvalue weighted by atomic mass is 9.86. The largest absolute Gasteiger partial charge is 0.378 e. The van der Waals surface area contributed by atoms with Crippen molar-refractivity contribution in [2.24, 2.45) is 5.41 Å². The Morgan fingerprint density at radius 1 is 1.15 bits per heavy atom. The Kier molecular flexibility index (Phi) is 5.88. The number of nitrogens with zero attached hydrogens (tertiary/aromatic N) is 1. The van der Waals surface area contributed by atoms with E-state index < -0.39 is 0 Å². The molecule has 1 aliphatic heterocycles. The summed E-state index contributed by atoms with van der Waals surface area (Å²) in [6.07, 6.45) is 6.87. The second kappa shape index (κ2) is 7.24. The van der Waals surface area contributed by atoms with Gasteiger partial charge in [0.05, 0.1) is 6.10 Å². The van der Waals surface area contributed by atoms with Crippen LogP contribution in [0.3, 0.4) is 0 Å². The Labute approximate surface area is 125 Å². The number of rotatable bonds is 6. The number of hydrogen-bond acceptors (Lipinski definition) is 3. The molecule has 2 rings (SSSR count). The highest BCUT2D eigenvalue weighted by atomic mass is 16.5. The van der Waals surface area contributed by atoms with Crippen LogP contribution in [0.15, 0.2) is 0 Å². The van der Waals surface area contributed by atoms with Gasteiger partial charge in [-0.2, -0.15) is 0 Å². The number of nitrogens with one attached hydrogen (secondary N) is 1. The van der Waals surface area contributed by atoms with Crippen LogP contribution in [0, 0.1) is 5.41 Å². The van der Waals surface area contributed by atoms with Crippen molar-refractivity contribution in [1.29, 1.82) is 0 Å². The lowest BCUT2D eigenvalue weighted by molar-refractivity contribution is -0.000492. The molecule has 2 unspecified atom stereocenters. The van der Waals surface area contributed by atoms with E-state index >= 15 is 0 Å². The summed E-state index contributed by atoms with van der Waals surface area (Å²) in [6.45, 7) is 13.7. The minimum atomic E-state index is 0.441. The van der Waals surface area contributed by atoms with Crippen molar-refractivity contribution in [2.45, 2.75) is 78.0 Å². The number of ether oxygens (including phenoxy) is 1. The van der Waals surface area contributed by atoms with Crippen molar-refractivity contribution < 1.29 is 4.74 Å². The number of likely N-dealkylation sites (tertiary alicyclic amines) is 1. The molecule has 0 aromatic heterocycles. The molecule has 0 aromatic rings. The molecule has 1 saturated carbocycles. The second-order valence-electron chi connectivity index (χ2n) is 7.22. The van der Waals surface area contributed by atoms with Crippen molar-refractivity contribution in [3.05, 3.63) is 0 Å². The Bertz CT molecular complexity index is 285. The Morgan fingerprint density at radius 3 is 2.45 bits per heavy atom. The highest BCUT2D eigenvalue weighted by Gasteiger charge is 2.44. The van der Waals surface area contributed by atoms with Crippen molar-refractivity contribution in [2.75, 3.05) is 26.2 Å². The fourth-order valence-corrected chi connectivity index (χ4v) is 4.08. The maximum Gasteiger partial charge on any atom is 0.0599 e. The third-order valence-electron chi connectivity index (χ3n) is 5.27. The van der Waals surface area contributed by atoms with E-state index in [2.05, 4.69) is 37.9 Å². The molecule has 3 heteroatoms. The second-order valence-corrected chi connectivity index (χ2v) is 7.22. The van der Waals surface area contributed by atoms with Gasteiger partial charge >= 0.3 is 0 Å². The first-order valence-electron chi connectivity index (χ1n) is 8.67. The Balaban J connectivity index is 1.91. The molecule has 3 nitrogen and oxygen atoms in total. The van der Waals surface area contributed by atoms with E-state index in [-0.39, 0.29) is 0 Å². The molecule has 0 bridgehead atoms. The van der Waals surface area contributed by atoms with Crippen molar-refractivity contribution >= 4 is 0 Å². The van der Waals surface area contributed by atoms with Crippen LogP contribution < -0.4 is 5.32 Å². The molecular weight excluding hydrogens is 248 g/mol. The molecule has 2 fully saturated rings. The minimum Gasteiger partial charge on any atom is -0.378 e. The van der Waals surface area contributed by atoms with Gasteiger partial charge in [-0.1, -0.05) is 20.8 Å². The predicted octanol–water partition coefficient (Wildman–Crippen LogP) is 3.04. The van der Waals surface area contributed by atoms with E-state index in [1.165, 1.54) is 45.2 Å². The van der Waals surface area contributed by atoms with Gasteiger partial charge in [-0.25, -0.2) is 0 Å². The molecule has 2 aliphatic rings. The molecule has 0 spiro atoms. The van der Waals surface area contributed by atoms with Gasteiger partial charge in [0.2, 0.25) is 0 Å². The SMILES string of the molecule is CCCNC1C(N2CCC(OCC)CC2)CCC1(C)C. The number of piperidine rings is 1. The van der Waals surface area contributed by atoms with Gasteiger partial charge in [-0.3, -0.25) is 4.90 Å². The van der Waals surface area contributed by atoms with Crippen LogP contribution in [0.4, 0.5) is 0 Å². The monoisotopic (exact) mass is 282 g/mol.